The molecule has 222 valence electrons. The van der Waals surface area contributed by atoms with Crippen molar-refractivity contribution < 1.29 is 27.2 Å². The summed E-state index contributed by atoms with van der Waals surface area (Å²) in [5, 5.41) is 0. The van der Waals surface area contributed by atoms with E-state index >= 15 is 0 Å². The molecule has 1 heterocycles. The minimum absolute atomic E-state index is 0.00176. The van der Waals surface area contributed by atoms with Crippen LogP contribution in [0.3, 0.4) is 0 Å². The Hall–Kier alpha value is -5.31. The topological polar surface area (TPSA) is 53.5 Å². The van der Waals surface area contributed by atoms with E-state index in [0.717, 1.165) is 0 Å². The van der Waals surface area contributed by atoms with Crippen molar-refractivity contribution in [2.45, 2.75) is 26.2 Å². The Morgan fingerprint density at radius 3 is 1.23 bits per heavy atom. The summed E-state index contributed by atoms with van der Waals surface area (Å²) in [6.45, 7) is 0.0322. The van der Waals surface area contributed by atoms with E-state index in [0.29, 0.717) is 22.3 Å². The lowest BCUT2D eigenvalue weighted by Gasteiger charge is -2.25. The molecule has 0 unspecified atom stereocenters. The first-order valence-electron chi connectivity index (χ1n) is 13.8. The second-order valence-corrected chi connectivity index (χ2v) is 10.3. The SMILES string of the molecule is O=C(c1ccnc(C(=O)N(Cc2cccc(F)c2)Cc2cccc(F)c2)c1)N(Cc1cccc(F)c1)Cc1cccc(F)c1. The maximum absolute atomic E-state index is 14.0. The van der Waals surface area contributed by atoms with Gasteiger partial charge in [-0.05, 0) is 82.9 Å². The summed E-state index contributed by atoms with van der Waals surface area (Å²) in [4.78, 5) is 34.6. The molecule has 0 aliphatic heterocycles. The van der Waals surface area contributed by atoms with Crippen LogP contribution in [0.5, 0.6) is 0 Å². The first-order chi connectivity index (χ1) is 21.2. The highest BCUT2D eigenvalue weighted by Crippen LogP contribution is 2.19. The van der Waals surface area contributed by atoms with E-state index in [1.54, 1.807) is 24.3 Å². The third-order valence-electron chi connectivity index (χ3n) is 6.85. The molecule has 0 spiro atoms. The van der Waals surface area contributed by atoms with Crippen molar-refractivity contribution in [3.05, 3.63) is 172 Å². The number of carbonyl (C=O) groups is 2. The van der Waals surface area contributed by atoms with E-state index in [9.17, 15) is 27.2 Å². The lowest BCUT2D eigenvalue weighted by molar-refractivity contribution is 0.0722. The molecule has 1 aromatic heterocycles. The average molecular weight is 598 g/mol. The van der Waals surface area contributed by atoms with Crippen molar-refractivity contribution >= 4 is 11.8 Å². The summed E-state index contributed by atoms with van der Waals surface area (Å²) in [5.74, 6) is -2.92. The second-order valence-electron chi connectivity index (χ2n) is 10.3. The van der Waals surface area contributed by atoms with Gasteiger partial charge in [-0.2, -0.15) is 0 Å². The van der Waals surface area contributed by atoms with Gasteiger partial charge >= 0.3 is 0 Å². The molecule has 44 heavy (non-hydrogen) atoms. The maximum atomic E-state index is 14.0. The molecule has 0 N–H and O–H groups in total. The number of amides is 2. The van der Waals surface area contributed by atoms with E-state index in [1.807, 2.05) is 0 Å². The summed E-state index contributed by atoms with van der Waals surface area (Å²) in [7, 11) is 0. The molecule has 0 saturated carbocycles. The maximum Gasteiger partial charge on any atom is 0.273 e. The first kappa shape index (κ1) is 30.2. The van der Waals surface area contributed by atoms with Gasteiger partial charge in [-0.25, -0.2) is 17.6 Å². The van der Waals surface area contributed by atoms with Gasteiger partial charge in [0.1, 0.15) is 29.0 Å². The normalized spacial score (nSPS) is 10.8. The van der Waals surface area contributed by atoms with E-state index in [-0.39, 0.29) is 37.4 Å². The fourth-order valence-electron chi connectivity index (χ4n) is 4.85. The molecule has 0 bridgehead atoms. The smallest absolute Gasteiger partial charge is 0.273 e. The van der Waals surface area contributed by atoms with Gasteiger partial charge in [0.25, 0.3) is 11.8 Å². The number of hydrogen-bond acceptors (Lipinski definition) is 3. The van der Waals surface area contributed by atoms with Crippen LogP contribution < -0.4 is 0 Å². The highest BCUT2D eigenvalue weighted by atomic mass is 19.1. The lowest BCUT2D eigenvalue weighted by atomic mass is 10.1. The molecule has 0 saturated heterocycles. The predicted octanol–water partition coefficient (Wildman–Crippen LogP) is 7.32. The average Bonchev–Trinajstić information content (AvgIpc) is 3.00. The van der Waals surface area contributed by atoms with Crippen molar-refractivity contribution in [3.8, 4) is 0 Å². The Labute approximate surface area is 252 Å². The van der Waals surface area contributed by atoms with Gasteiger partial charge in [0.05, 0.1) is 0 Å². The predicted molar refractivity (Wildman–Crippen MR) is 157 cm³/mol. The van der Waals surface area contributed by atoms with Crippen molar-refractivity contribution in [2.75, 3.05) is 0 Å². The zero-order valence-electron chi connectivity index (χ0n) is 23.5. The Kier molecular flexibility index (Phi) is 9.44. The number of carbonyl (C=O) groups excluding carboxylic acids is 2. The van der Waals surface area contributed by atoms with Crippen LogP contribution in [0.4, 0.5) is 17.6 Å². The molecule has 9 heteroatoms. The van der Waals surface area contributed by atoms with Crippen molar-refractivity contribution in [3.63, 3.8) is 0 Å². The van der Waals surface area contributed by atoms with E-state index in [4.69, 9.17) is 0 Å². The largest absolute Gasteiger partial charge is 0.330 e. The number of pyridine rings is 1. The Bertz CT molecular complexity index is 1570. The van der Waals surface area contributed by atoms with E-state index in [1.165, 1.54) is 101 Å². The number of benzene rings is 4. The standard InChI is InChI=1S/C35H27F4N3O2/c36-29-9-1-5-24(15-29)20-41(21-25-6-2-10-30(37)16-25)34(43)28-13-14-40-33(19-28)35(44)42(22-26-7-3-11-31(38)17-26)23-27-8-4-12-32(39)18-27/h1-19H,20-23H2. The van der Waals surface area contributed by atoms with Gasteiger partial charge < -0.3 is 9.80 Å². The zero-order valence-corrected chi connectivity index (χ0v) is 23.5. The zero-order chi connectivity index (χ0) is 31.1. The summed E-state index contributed by atoms with van der Waals surface area (Å²) < 4.78 is 55.8. The molecule has 0 aliphatic rings. The molecule has 0 aliphatic carbocycles. The lowest BCUT2D eigenvalue weighted by Crippen LogP contribution is -2.32. The van der Waals surface area contributed by atoms with Crippen molar-refractivity contribution in [2.24, 2.45) is 0 Å². The number of rotatable bonds is 10. The monoisotopic (exact) mass is 597 g/mol. The van der Waals surface area contributed by atoms with Gasteiger partial charge in [0.2, 0.25) is 0 Å². The fraction of sp³-hybridized carbons (Fsp3) is 0.114. The summed E-state index contributed by atoms with van der Waals surface area (Å²) in [6.07, 6.45) is 1.32. The number of hydrogen-bond donors (Lipinski definition) is 0. The van der Waals surface area contributed by atoms with Crippen LogP contribution in [0.25, 0.3) is 0 Å². The van der Waals surface area contributed by atoms with Gasteiger partial charge in [-0.15, -0.1) is 0 Å². The van der Waals surface area contributed by atoms with Gasteiger partial charge in [-0.3, -0.25) is 14.6 Å². The van der Waals surface area contributed by atoms with Crippen LogP contribution in [-0.4, -0.2) is 26.6 Å². The van der Waals surface area contributed by atoms with Crippen LogP contribution in [0.1, 0.15) is 43.1 Å². The van der Waals surface area contributed by atoms with Crippen LogP contribution in [0.15, 0.2) is 115 Å². The van der Waals surface area contributed by atoms with Crippen molar-refractivity contribution in [1.29, 1.82) is 0 Å². The van der Waals surface area contributed by atoms with Crippen molar-refractivity contribution in [1.82, 2.24) is 14.8 Å². The number of halogens is 4. The molecule has 5 nitrogen and oxygen atoms in total. The Morgan fingerprint density at radius 2 is 0.864 bits per heavy atom. The fourth-order valence-corrected chi connectivity index (χ4v) is 4.85. The van der Waals surface area contributed by atoms with E-state index < -0.39 is 35.1 Å². The molecular formula is C35H27F4N3O2. The Balaban J connectivity index is 1.45. The summed E-state index contributed by atoms with van der Waals surface area (Å²) in [5.41, 5.74) is 2.15. The first-order valence-corrected chi connectivity index (χ1v) is 13.8. The molecule has 5 rings (SSSR count). The number of aromatic nitrogens is 1. The number of nitrogens with zero attached hydrogens (tertiary/aromatic N) is 3. The minimum Gasteiger partial charge on any atom is -0.330 e. The molecular weight excluding hydrogens is 570 g/mol. The van der Waals surface area contributed by atoms with Gasteiger partial charge in [0.15, 0.2) is 0 Å². The van der Waals surface area contributed by atoms with Crippen LogP contribution >= 0.6 is 0 Å². The highest BCUT2D eigenvalue weighted by Gasteiger charge is 2.23. The van der Waals surface area contributed by atoms with Gasteiger partial charge in [-0.1, -0.05) is 48.5 Å². The highest BCUT2D eigenvalue weighted by molar-refractivity contribution is 5.98. The molecule has 5 aromatic rings. The molecule has 2 amide bonds. The third-order valence-corrected chi connectivity index (χ3v) is 6.85. The van der Waals surface area contributed by atoms with E-state index in [2.05, 4.69) is 4.98 Å². The molecule has 0 fully saturated rings. The van der Waals surface area contributed by atoms with Gasteiger partial charge in [0, 0.05) is 37.9 Å². The van der Waals surface area contributed by atoms with Crippen LogP contribution in [0.2, 0.25) is 0 Å². The molecule has 0 radical (unpaired) electrons. The van der Waals surface area contributed by atoms with Crippen LogP contribution in [-0.2, 0) is 26.2 Å². The molecule has 4 aromatic carbocycles. The summed E-state index contributed by atoms with van der Waals surface area (Å²) >= 11 is 0. The minimum atomic E-state index is -0.560. The van der Waals surface area contributed by atoms with Crippen LogP contribution in [0, 0.1) is 23.3 Å². The molecule has 0 atom stereocenters. The second kappa shape index (κ2) is 13.8. The Morgan fingerprint density at radius 1 is 0.500 bits per heavy atom. The summed E-state index contributed by atoms with van der Waals surface area (Å²) in [6, 6.07) is 26.0. The third kappa shape index (κ3) is 7.95. The quantitative estimate of drug-likeness (QED) is 0.159.